The quantitative estimate of drug-likeness (QED) is 0.507. The Morgan fingerprint density at radius 2 is 1.76 bits per heavy atom. The highest BCUT2D eigenvalue weighted by molar-refractivity contribution is 7.92. The van der Waals surface area contributed by atoms with Crippen molar-refractivity contribution in [3.05, 3.63) is 77.9 Å². The van der Waals surface area contributed by atoms with Crippen molar-refractivity contribution in [2.45, 2.75) is 16.6 Å². The van der Waals surface area contributed by atoms with Crippen LogP contribution in [0, 0.1) is 0 Å². The number of rotatable bonds is 5. The van der Waals surface area contributed by atoms with E-state index in [0.29, 0.717) is 28.3 Å². The minimum atomic E-state index is -4.00. The fourth-order valence-electron chi connectivity index (χ4n) is 4.32. The molecule has 3 aromatic carbocycles. The van der Waals surface area contributed by atoms with Crippen LogP contribution in [0.4, 0.5) is 11.4 Å². The molecule has 2 amide bonds. The molecule has 0 bridgehead atoms. The molecule has 0 saturated carbocycles. The number of esters is 1. The summed E-state index contributed by atoms with van der Waals surface area (Å²) in [6, 6.07) is 17.0. The summed E-state index contributed by atoms with van der Waals surface area (Å²) in [6.07, 6.45) is -0.363. The van der Waals surface area contributed by atoms with Gasteiger partial charge in [-0.15, -0.1) is 0 Å². The molecular formula is C26H22N2O8S. The average molecular weight is 523 g/mol. The lowest BCUT2D eigenvalue weighted by atomic mass is 10.1. The first-order valence-electron chi connectivity index (χ1n) is 11.3. The molecule has 0 aromatic heterocycles. The summed E-state index contributed by atoms with van der Waals surface area (Å²) in [5, 5.41) is 1.50. The lowest BCUT2D eigenvalue weighted by molar-refractivity contribution is -0.121. The number of sulfone groups is 1. The van der Waals surface area contributed by atoms with Gasteiger partial charge in [-0.3, -0.25) is 9.59 Å². The summed E-state index contributed by atoms with van der Waals surface area (Å²) in [7, 11) is -2.73. The number of amides is 2. The minimum Gasteiger partial charge on any atom is -0.465 e. The van der Waals surface area contributed by atoms with Crippen LogP contribution in [0.15, 0.2) is 71.6 Å². The van der Waals surface area contributed by atoms with E-state index in [2.05, 4.69) is 10.1 Å². The van der Waals surface area contributed by atoms with Crippen molar-refractivity contribution in [3.63, 3.8) is 0 Å². The predicted octanol–water partition coefficient (Wildman–Crippen LogP) is 3.09. The molecule has 1 unspecified atom stereocenters. The summed E-state index contributed by atoms with van der Waals surface area (Å²) in [5.41, 5.74) is 1.24. The molecule has 0 aliphatic carbocycles. The highest BCUT2D eigenvalue weighted by atomic mass is 32.2. The Morgan fingerprint density at radius 3 is 2.51 bits per heavy atom. The number of para-hydroxylation sites is 1. The maximum atomic E-state index is 13.7. The monoisotopic (exact) mass is 522 g/mol. The first kappa shape index (κ1) is 24.3. The zero-order valence-corrected chi connectivity index (χ0v) is 20.5. The normalized spacial score (nSPS) is 17.5. The second kappa shape index (κ2) is 9.58. The summed E-state index contributed by atoms with van der Waals surface area (Å²) < 4.78 is 42.8. The Bertz CT molecular complexity index is 1500. The van der Waals surface area contributed by atoms with Gasteiger partial charge in [0.2, 0.25) is 18.6 Å². The van der Waals surface area contributed by atoms with Crippen molar-refractivity contribution in [1.29, 1.82) is 0 Å². The summed E-state index contributed by atoms with van der Waals surface area (Å²) >= 11 is 0. The van der Waals surface area contributed by atoms with Crippen molar-refractivity contribution in [2.24, 2.45) is 0 Å². The first-order chi connectivity index (χ1) is 17.8. The SMILES string of the molecule is COC(=O)c1ccc(NC(=O)CN2C(=O)CC(c3ccc4c(c3)OCO4)S(=O)(=O)c3ccccc32)cc1. The zero-order valence-electron chi connectivity index (χ0n) is 19.7. The third kappa shape index (κ3) is 4.60. The number of anilines is 2. The number of hydrogen-bond donors (Lipinski definition) is 1. The van der Waals surface area contributed by atoms with Crippen molar-refractivity contribution >= 4 is 39.0 Å². The molecular weight excluding hydrogens is 500 g/mol. The number of carbonyl (C=O) groups is 3. The van der Waals surface area contributed by atoms with E-state index in [1.54, 1.807) is 30.3 Å². The maximum absolute atomic E-state index is 13.7. The lowest BCUT2D eigenvalue weighted by Gasteiger charge is -2.21. The number of nitrogens with one attached hydrogen (secondary N) is 1. The van der Waals surface area contributed by atoms with Crippen molar-refractivity contribution < 1.29 is 37.0 Å². The molecule has 1 N–H and O–H groups in total. The number of hydrogen-bond acceptors (Lipinski definition) is 8. The highest BCUT2D eigenvalue weighted by Gasteiger charge is 2.40. The Hall–Kier alpha value is -4.38. The van der Waals surface area contributed by atoms with Crippen LogP contribution in [0.5, 0.6) is 11.5 Å². The Morgan fingerprint density at radius 1 is 1.03 bits per heavy atom. The van der Waals surface area contributed by atoms with Gasteiger partial charge in [-0.1, -0.05) is 18.2 Å². The average Bonchev–Trinajstić information content (AvgIpc) is 3.35. The van der Waals surface area contributed by atoms with Crippen LogP contribution in [-0.4, -0.2) is 46.6 Å². The van der Waals surface area contributed by atoms with Crippen molar-refractivity contribution in [2.75, 3.05) is 30.7 Å². The summed E-state index contributed by atoms with van der Waals surface area (Å²) in [4.78, 5) is 39.0. The van der Waals surface area contributed by atoms with Crippen LogP contribution in [-0.2, 0) is 24.2 Å². The van der Waals surface area contributed by atoms with Gasteiger partial charge in [0, 0.05) is 12.1 Å². The van der Waals surface area contributed by atoms with Crippen LogP contribution < -0.4 is 19.7 Å². The van der Waals surface area contributed by atoms with Gasteiger partial charge in [-0.25, -0.2) is 13.2 Å². The molecule has 0 radical (unpaired) electrons. The molecule has 0 fully saturated rings. The number of methoxy groups -OCH3 is 1. The molecule has 10 nitrogen and oxygen atoms in total. The van der Waals surface area contributed by atoms with Gasteiger partial charge < -0.3 is 24.4 Å². The molecule has 3 aromatic rings. The van der Waals surface area contributed by atoms with Crippen LogP contribution in [0.2, 0.25) is 0 Å². The van der Waals surface area contributed by atoms with E-state index in [9.17, 15) is 22.8 Å². The van der Waals surface area contributed by atoms with E-state index in [-0.39, 0.29) is 23.8 Å². The van der Waals surface area contributed by atoms with Crippen molar-refractivity contribution in [3.8, 4) is 11.5 Å². The molecule has 0 spiro atoms. The third-order valence-electron chi connectivity index (χ3n) is 6.16. The Labute approximate surface area is 212 Å². The number of carbonyl (C=O) groups excluding carboxylic acids is 3. The van der Waals surface area contributed by atoms with E-state index < -0.39 is 39.4 Å². The number of ether oxygens (including phenoxy) is 3. The maximum Gasteiger partial charge on any atom is 0.337 e. The summed E-state index contributed by atoms with van der Waals surface area (Å²) in [6.45, 7) is -0.371. The number of nitrogens with zero attached hydrogens (tertiary/aromatic N) is 1. The molecule has 0 saturated heterocycles. The largest absolute Gasteiger partial charge is 0.465 e. The van der Waals surface area contributed by atoms with E-state index in [1.807, 2.05) is 0 Å². The molecule has 2 aliphatic rings. The van der Waals surface area contributed by atoms with Gasteiger partial charge in [0.05, 0.1) is 28.5 Å². The molecule has 2 aliphatic heterocycles. The molecule has 1 atom stereocenters. The van der Waals surface area contributed by atoms with Gasteiger partial charge in [-0.05, 0) is 54.1 Å². The van der Waals surface area contributed by atoms with Gasteiger partial charge >= 0.3 is 5.97 Å². The first-order valence-corrected chi connectivity index (χ1v) is 12.8. The van der Waals surface area contributed by atoms with E-state index >= 15 is 0 Å². The van der Waals surface area contributed by atoms with E-state index in [4.69, 9.17) is 9.47 Å². The summed E-state index contributed by atoms with van der Waals surface area (Å²) in [5.74, 6) is -0.658. The fourth-order valence-corrected chi connectivity index (χ4v) is 6.23. The smallest absolute Gasteiger partial charge is 0.337 e. The number of benzene rings is 3. The van der Waals surface area contributed by atoms with Gasteiger partial charge in [0.15, 0.2) is 21.3 Å². The zero-order chi connectivity index (χ0) is 26.2. The van der Waals surface area contributed by atoms with Crippen LogP contribution in [0.3, 0.4) is 0 Å². The molecule has 37 heavy (non-hydrogen) atoms. The number of fused-ring (bicyclic) bond motifs is 2. The molecule has 5 rings (SSSR count). The Balaban J connectivity index is 1.43. The van der Waals surface area contributed by atoms with Crippen LogP contribution >= 0.6 is 0 Å². The molecule has 2 heterocycles. The fraction of sp³-hybridized carbons (Fsp3) is 0.192. The van der Waals surface area contributed by atoms with Gasteiger partial charge in [-0.2, -0.15) is 0 Å². The second-order valence-corrected chi connectivity index (χ2v) is 10.5. The van der Waals surface area contributed by atoms with E-state index in [0.717, 1.165) is 0 Å². The molecule has 190 valence electrons. The highest BCUT2D eigenvalue weighted by Crippen LogP contribution is 2.43. The standard InChI is InChI=1S/C26H22N2O8S/c1-34-26(31)16-6-9-18(10-7-16)27-24(29)14-28-19-4-2-3-5-22(19)37(32,33)23(13-25(28)30)17-8-11-20-21(12-17)36-15-35-20/h2-12,23H,13-15H2,1H3,(H,27,29). The van der Waals surface area contributed by atoms with Gasteiger partial charge in [0.25, 0.3) is 0 Å². The van der Waals surface area contributed by atoms with Gasteiger partial charge in [0.1, 0.15) is 6.54 Å². The van der Waals surface area contributed by atoms with Crippen LogP contribution in [0.1, 0.15) is 27.6 Å². The second-order valence-electron chi connectivity index (χ2n) is 8.42. The third-order valence-corrected chi connectivity index (χ3v) is 8.30. The Kier molecular flexibility index (Phi) is 6.30. The lowest BCUT2D eigenvalue weighted by Crippen LogP contribution is -2.38. The van der Waals surface area contributed by atoms with Crippen molar-refractivity contribution in [1.82, 2.24) is 0 Å². The topological polar surface area (TPSA) is 128 Å². The molecule has 11 heteroatoms. The van der Waals surface area contributed by atoms with E-state index in [1.165, 1.54) is 48.4 Å². The minimum absolute atomic E-state index is 0.0340. The van der Waals surface area contributed by atoms with Crippen LogP contribution in [0.25, 0.3) is 0 Å². The predicted molar refractivity (Wildman–Crippen MR) is 132 cm³/mol.